The van der Waals surface area contributed by atoms with Crippen LogP contribution in [0.3, 0.4) is 0 Å². The van der Waals surface area contributed by atoms with E-state index in [-0.39, 0.29) is 6.10 Å². The zero-order chi connectivity index (χ0) is 8.97. The molecule has 0 N–H and O–H groups in total. The third-order valence-corrected chi connectivity index (χ3v) is 1.77. The Hall–Kier alpha value is -0.890. The first-order valence-corrected chi connectivity index (χ1v) is 4.28. The number of aromatic nitrogens is 1. The van der Waals surface area contributed by atoms with Crippen molar-refractivity contribution in [2.75, 3.05) is 6.61 Å². The van der Waals surface area contributed by atoms with E-state index in [1.54, 1.807) is 0 Å². The molecule has 0 saturated carbocycles. The summed E-state index contributed by atoms with van der Waals surface area (Å²) >= 11 is 0. The minimum absolute atomic E-state index is 0.106. The van der Waals surface area contributed by atoms with Crippen LogP contribution in [0, 0.1) is 6.92 Å². The van der Waals surface area contributed by atoms with Crippen molar-refractivity contribution in [1.29, 1.82) is 0 Å². The fraction of sp³-hybridized carbons (Fsp3) is 0.500. The maximum atomic E-state index is 5.42. The van der Waals surface area contributed by atoms with Gasteiger partial charge in [-0.15, -0.1) is 0 Å². The molecule has 0 saturated heterocycles. The summed E-state index contributed by atoms with van der Waals surface area (Å²) in [6.45, 7) is 6.80. The van der Waals surface area contributed by atoms with Crippen LogP contribution in [0.2, 0.25) is 0 Å². The number of rotatable bonds is 3. The summed E-state index contributed by atoms with van der Waals surface area (Å²) in [5.41, 5.74) is 2.24. The van der Waals surface area contributed by atoms with Crippen LogP contribution in [0.25, 0.3) is 0 Å². The summed E-state index contributed by atoms with van der Waals surface area (Å²) in [6.07, 6.45) is 1.93. The van der Waals surface area contributed by atoms with Gasteiger partial charge in [0.2, 0.25) is 0 Å². The molecule has 0 bridgehead atoms. The molecule has 1 unspecified atom stereocenters. The van der Waals surface area contributed by atoms with Gasteiger partial charge in [-0.2, -0.15) is 0 Å². The van der Waals surface area contributed by atoms with Gasteiger partial charge in [0, 0.05) is 12.8 Å². The maximum absolute atomic E-state index is 5.42. The van der Waals surface area contributed by atoms with E-state index < -0.39 is 0 Å². The predicted molar refractivity (Wildman–Crippen MR) is 49.0 cm³/mol. The van der Waals surface area contributed by atoms with Crippen LogP contribution in [0.1, 0.15) is 31.2 Å². The Balaban J connectivity index is 2.73. The van der Waals surface area contributed by atoms with Gasteiger partial charge in [0.15, 0.2) is 0 Å². The summed E-state index contributed by atoms with van der Waals surface area (Å²) in [7, 11) is 0. The molecular weight excluding hydrogens is 150 g/mol. The summed E-state index contributed by atoms with van der Waals surface area (Å²) in [5.74, 6) is 0. The topological polar surface area (TPSA) is 22.1 Å². The van der Waals surface area contributed by atoms with Gasteiger partial charge in [0.1, 0.15) is 0 Å². The van der Waals surface area contributed by atoms with Gasteiger partial charge in [-0.1, -0.05) is 0 Å². The summed E-state index contributed by atoms with van der Waals surface area (Å²) < 4.78 is 5.42. The van der Waals surface area contributed by atoms with Crippen LogP contribution in [0.4, 0.5) is 0 Å². The molecule has 0 aliphatic rings. The Morgan fingerprint density at radius 2 is 2.33 bits per heavy atom. The summed E-state index contributed by atoms with van der Waals surface area (Å²) in [5, 5.41) is 0. The third kappa shape index (κ3) is 2.31. The minimum atomic E-state index is 0.106. The first-order chi connectivity index (χ1) is 5.74. The quantitative estimate of drug-likeness (QED) is 0.686. The molecule has 1 aromatic rings. The molecule has 2 heteroatoms. The lowest BCUT2D eigenvalue weighted by atomic mass is 10.2. The largest absolute Gasteiger partial charge is 0.372 e. The summed E-state index contributed by atoms with van der Waals surface area (Å²) in [4.78, 5) is 4.23. The molecule has 1 aromatic heterocycles. The van der Waals surface area contributed by atoms with Gasteiger partial charge in [-0.25, -0.2) is 0 Å². The van der Waals surface area contributed by atoms with E-state index in [2.05, 4.69) is 18.0 Å². The van der Waals surface area contributed by atoms with E-state index in [0.29, 0.717) is 0 Å². The van der Waals surface area contributed by atoms with Crippen LogP contribution in [0.15, 0.2) is 18.3 Å². The van der Waals surface area contributed by atoms with E-state index in [9.17, 15) is 0 Å². The molecular formula is C10H15NO. The highest BCUT2D eigenvalue weighted by molar-refractivity contribution is 5.15. The van der Waals surface area contributed by atoms with Gasteiger partial charge in [0.25, 0.3) is 0 Å². The normalized spacial score (nSPS) is 12.9. The number of hydrogen-bond donors (Lipinski definition) is 0. The molecule has 2 nitrogen and oxygen atoms in total. The highest BCUT2D eigenvalue weighted by Gasteiger charge is 2.04. The zero-order valence-electron chi connectivity index (χ0n) is 7.87. The fourth-order valence-electron chi connectivity index (χ4n) is 1.12. The number of aryl methyl sites for hydroxylation is 1. The number of nitrogens with zero attached hydrogens (tertiary/aromatic N) is 1. The Kier molecular flexibility index (Phi) is 3.23. The minimum Gasteiger partial charge on any atom is -0.372 e. The predicted octanol–water partition coefficient (Wildman–Crippen LogP) is 2.49. The highest BCUT2D eigenvalue weighted by atomic mass is 16.5. The van der Waals surface area contributed by atoms with Crippen molar-refractivity contribution in [2.45, 2.75) is 26.9 Å². The molecule has 0 aliphatic carbocycles. The van der Waals surface area contributed by atoms with E-state index in [4.69, 9.17) is 4.74 Å². The second-order valence-electron chi connectivity index (χ2n) is 2.86. The summed E-state index contributed by atoms with van der Waals surface area (Å²) in [6, 6.07) is 4.04. The number of pyridine rings is 1. The Bertz CT molecular complexity index is 247. The van der Waals surface area contributed by atoms with Crippen LogP contribution >= 0.6 is 0 Å². The standard InChI is InChI=1S/C10H15NO/c1-4-12-9(3)10-7-8(2)5-6-11-10/h5-7,9H,4H2,1-3H3. The second kappa shape index (κ2) is 4.21. The van der Waals surface area contributed by atoms with E-state index in [0.717, 1.165) is 12.3 Å². The molecule has 0 radical (unpaired) electrons. The lowest BCUT2D eigenvalue weighted by Gasteiger charge is -2.10. The van der Waals surface area contributed by atoms with Gasteiger partial charge in [0.05, 0.1) is 11.8 Å². The van der Waals surface area contributed by atoms with Crippen molar-refractivity contribution in [3.8, 4) is 0 Å². The maximum Gasteiger partial charge on any atom is 0.0966 e. The molecule has 0 fully saturated rings. The average Bonchev–Trinajstić information content (AvgIpc) is 2.05. The second-order valence-corrected chi connectivity index (χ2v) is 2.86. The van der Waals surface area contributed by atoms with Crippen LogP contribution in [-0.4, -0.2) is 11.6 Å². The smallest absolute Gasteiger partial charge is 0.0966 e. The first kappa shape index (κ1) is 9.20. The van der Waals surface area contributed by atoms with Crippen molar-refractivity contribution >= 4 is 0 Å². The van der Waals surface area contributed by atoms with Crippen LogP contribution in [0.5, 0.6) is 0 Å². The Morgan fingerprint density at radius 1 is 1.58 bits per heavy atom. The highest BCUT2D eigenvalue weighted by Crippen LogP contribution is 2.14. The van der Waals surface area contributed by atoms with Crippen LogP contribution in [-0.2, 0) is 4.74 Å². The molecule has 12 heavy (non-hydrogen) atoms. The molecule has 1 atom stereocenters. The SMILES string of the molecule is CCOC(C)c1cc(C)ccn1. The van der Waals surface area contributed by atoms with Gasteiger partial charge in [-0.3, -0.25) is 4.98 Å². The molecule has 1 heterocycles. The average molecular weight is 165 g/mol. The van der Waals surface area contributed by atoms with E-state index in [1.807, 2.05) is 26.1 Å². The third-order valence-electron chi connectivity index (χ3n) is 1.77. The molecule has 0 spiro atoms. The van der Waals surface area contributed by atoms with Gasteiger partial charge in [-0.05, 0) is 38.5 Å². The molecule has 0 amide bonds. The molecule has 0 aliphatic heterocycles. The van der Waals surface area contributed by atoms with Crippen molar-refractivity contribution in [1.82, 2.24) is 4.98 Å². The number of hydrogen-bond acceptors (Lipinski definition) is 2. The monoisotopic (exact) mass is 165 g/mol. The lowest BCUT2D eigenvalue weighted by Crippen LogP contribution is -2.01. The first-order valence-electron chi connectivity index (χ1n) is 4.28. The van der Waals surface area contributed by atoms with Gasteiger partial charge >= 0.3 is 0 Å². The molecule has 1 rings (SSSR count). The van der Waals surface area contributed by atoms with Gasteiger partial charge < -0.3 is 4.74 Å². The fourth-order valence-corrected chi connectivity index (χ4v) is 1.12. The zero-order valence-corrected chi connectivity index (χ0v) is 7.87. The van der Waals surface area contributed by atoms with Crippen molar-refractivity contribution in [3.63, 3.8) is 0 Å². The van der Waals surface area contributed by atoms with Crippen molar-refractivity contribution in [2.24, 2.45) is 0 Å². The van der Waals surface area contributed by atoms with Crippen molar-refractivity contribution < 1.29 is 4.74 Å². The van der Waals surface area contributed by atoms with E-state index >= 15 is 0 Å². The van der Waals surface area contributed by atoms with E-state index in [1.165, 1.54) is 5.56 Å². The number of ether oxygens (including phenoxy) is 1. The Morgan fingerprint density at radius 3 is 2.92 bits per heavy atom. The molecule has 66 valence electrons. The Labute approximate surface area is 73.6 Å². The molecule has 0 aromatic carbocycles. The lowest BCUT2D eigenvalue weighted by molar-refractivity contribution is 0.0733. The van der Waals surface area contributed by atoms with Crippen molar-refractivity contribution in [3.05, 3.63) is 29.6 Å². The van der Waals surface area contributed by atoms with Crippen LogP contribution < -0.4 is 0 Å².